The van der Waals surface area contributed by atoms with Crippen LogP contribution in [-0.2, 0) is 26.2 Å². The van der Waals surface area contributed by atoms with Crippen LogP contribution in [0.4, 0.5) is 0 Å². The molecule has 0 aromatic heterocycles. The van der Waals surface area contributed by atoms with E-state index in [4.69, 9.17) is 0 Å². The van der Waals surface area contributed by atoms with Gasteiger partial charge in [0.05, 0.1) is 0 Å². The number of aliphatic hydroxyl groups excluding tert-OH is 1. The van der Waals surface area contributed by atoms with E-state index in [1.165, 1.54) is 53.5 Å². The summed E-state index contributed by atoms with van der Waals surface area (Å²) in [6, 6.07) is 36.3. The third-order valence-electron chi connectivity index (χ3n) is 7.11. The molecule has 0 aliphatic heterocycles. The van der Waals surface area contributed by atoms with Crippen LogP contribution in [0.2, 0.25) is 12.6 Å². The standard InChI is InChI=1S/C29H24OSi.2ClH.Zr/c1-31(17-16-30,28-14-6-12-24-22-10-4-2-8-20(22)18-26(24)28)29-15-7-13-25-23-11-5-3-9-21(23)19-27(25)29;;;/h2-15,18-19,30H,16-17H2,1H3;2*1H;/q-2;;;+4/p-2. The van der Waals surface area contributed by atoms with Gasteiger partial charge in [0.25, 0.3) is 0 Å². The third-order valence-corrected chi connectivity index (χ3v) is 11.6. The SMILES string of the molecule is C[Si](CCO)(c1cccc2c1[cH-]c1ccccc12)c1cccc2c1[cH-]c1ccccc12.[Cl-].[Cl-].[Zr+4]. The summed E-state index contributed by atoms with van der Waals surface area (Å²) in [5, 5.41) is 23.6. The molecule has 6 aromatic carbocycles. The third kappa shape index (κ3) is 4.02. The first-order valence-corrected chi connectivity index (χ1v) is 13.7. The minimum absolute atomic E-state index is 0. The van der Waals surface area contributed by atoms with Gasteiger partial charge in [-0.05, 0) is 6.04 Å². The molecule has 168 valence electrons. The van der Waals surface area contributed by atoms with Gasteiger partial charge >= 0.3 is 26.2 Å². The predicted molar refractivity (Wildman–Crippen MR) is 137 cm³/mol. The van der Waals surface area contributed by atoms with Crippen LogP contribution in [0, 0.1) is 0 Å². The number of hydrogen-bond donors (Lipinski definition) is 1. The van der Waals surface area contributed by atoms with Crippen molar-refractivity contribution in [2.24, 2.45) is 0 Å². The van der Waals surface area contributed by atoms with Gasteiger partial charge in [-0.1, -0.05) is 79.3 Å². The van der Waals surface area contributed by atoms with Crippen molar-refractivity contribution >= 4 is 61.5 Å². The van der Waals surface area contributed by atoms with E-state index in [2.05, 4.69) is 104 Å². The van der Waals surface area contributed by atoms with E-state index in [1.54, 1.807) is 0 Å². The Morgan fingerprint density at radius 3 is 1.47 bits per heavy atom. The predicted octanol–water partition coefficient (Wildman–Crippen LogP) is -0.0722. The Balaban J connectivity index is 0.00000108. The monoisotopic (exact) mass is 576 g/mol. The topological polar surface area (TPSA) is 20.2 Å². The molecule has 1 N–H and O–H groups in total. The van der Waals surface area contributed by atoms with E-state index in [0.717, 1.165) is 6.04 Å². The number of fused-ring (bicyclic) bond motifs is 6. The number of halogens is 2. The van der Waals surface area contributed by atoms with Crippen LogP contribution in [0.1, 0.15) is 0 Å². The molecule has 1 nitrogen and oxygen atoms in total. The molecule has 0 bridgehead atoms. The Morgan fingerprint density at radius 1 is 0.618 bits per heavy atom. The van der Waals surface area contributed by atoms with Crippen molar-refractivity contribution in [3.05, 3.63) is 97.1 Å². The van der Waals surface area contributed by atoms with Gasteiger partial charge < -0.3 is 29.9 Å². The average Bonchev–Trinajstić information content (AvgIpc) is 3.37. The first kappa shape index (κ1) is 26.9. The van der Waals surface area contributed by atoms with Gasteiger partial charge in [0.2, 0.25) is 0 Å². The number of hydrogen-bond acceptors (Lipinski definition) is 1. The van der Waals surface area contributed by atoms with E-state index in [0.29, 0.717) is 0 Å². The summed E-state index contributed by atoms with van der Waals surface area (Å²) in [6.45, 7) is 2.64. The van der Waals surface area contributed by atoms with Crippen LogP contribution in [0.3, 0.4) is 0 Å². The molecule has 0 saturated carbocycles. The molecule has 0 aliphatic carbocycles. The first-order valence-electron chi connectivity index (χ1n) is 11.0. The van der Waals surface area contributed by atoms with Gasteiger partial charge in [-0.2, -0.15) is 0 Å². The molecule has 6 aromatic rings. The van der Waals surface area contributed by atoms with Gasteiger partial charge in [0.15, 0.2) is 0 Å². The minimum atomic E-state index is -2.21. The molecule has 0 spiro atoms. The number of rotatable bonds is 4. The molecule has 0 atom stereocenters. The maximum absolute atomic E-state index is 10.2. The van der Waals surface area contributed by atoms with Gasteiger partial charge in [0, 0.05) is 14.7 Å². The van der Waals surface area contributed by atoms with Crippen molar-refractivity contribution in [3.8, 4) is 0 Å². The summed E-state index contributed by atoms with van der Waals surface area (Å²) in [4.78, 5) is 0. The Labute approximate surface area is 232 Å². The minimum Gasteiger partial charge on any atom is -1.00 e. The van der Waals surface area contributed by atoms with E-state index in [9.17, 15) is 5.11 Å². The van der Waals surface area contributed by atoms with E-state index in [1.807, 2.05) is 0 Å². The van der Waals surface area contributed by atoms with Crippen molar-refractivity contribution in [2.45, 2.75) is 12.6 Å². The number of aliphatic hydroxyl groups is 1. The zero-order chi connectivity index (χ0) is 21.0. The summed E-state index contributed by atoms with van der Waals surface area (Å²) >= 11 is 0. The molecule has 0 fully saturated rings. The van der Waals surface area contributed by atoms with Crippen molar-refractivity contribution in [3.63, 3.8) is 0 Å². The van der Waals surface area contributed by atoms with Crippen molar-refractivity contribution in [1.82, 2.24) is 0 Å². The van der Waals surface area contributed by atoms with Crippen LogP contribution < -0.4 is 35.2 Å². The fourth-order valence-electron chi connectivity index (χ4n) is 5.56. The van der Waals surface area contributed by atoms with Gasteiger partial charge in [-0.15, -0.1) is 77.7 Å². The second kappa shape index (κ2) is 10.5. The van der Waals surface area contributed by atoms with Crippen molar-refractivity contribution in [1.29, 1.82) is 0 Å². The van der Waals surface area contributed by atoms with Gasteiger partial charge in [-0.3, -0.25) is 0 Å². The summed E-state index contributed by atoms with van der Waals surface area (Å²) in [6.07, 6.45) is 0. The maximum Gasteiger partial charge on any atom is 4.00 e. The second-order valence-corrected chi connectivity index (χ2v) is 13.0. The second-order valence-electron chi connectivity index (χ2n) is 8.80. The molecule has 34 heavy (non-hydrogen) atoms. The van der Waals surface area contributed by atoms with Crippen LogP contribution in [0.25, 0.3) is 43.1 Å². The Hall–Kier alpha value is -1.74. The average molecular weight is 579 g/mol. The van der Waals surface area contributed by atoms with Gasteiger partial charge in [-0.25, -0.2) is 0 Å². The molecular weight excluding hydrogens is 555 g/mol. The molecule has 0 saturated heterocycles. The smallest absolute Gasteiger partial charge is 1.00 e. The molecule has 0 amide bonds. The maximum atomic E-state index is 10.2. The molecule has 0 unspecified atom stereocenters. The zero-order valence-electron chi connectivity index (χ0n) is 18.9. The number of benzene rings is 4. The summed E-state index contributed by atoms with van der Waals surface area (Å²) in [5.41, 5.74) is 0. The van der Waals surface area contributed by atoms with Crippen LogP contribution in [0.5, 0.6) is 0 Å². The van der Waals surface area contributed by atoms with E-state index in [-0.39, 0.29) is 57.6 Å². The Morgan fingerprint density at radius 2 is 1.03 bits per heavy atom. The molecule has 6 rings (SSSR count). The van der Waals surface area contributed by atoms with Crippen molar-refractivity contribution in [2.75, 3.05) is 6.61 Å². The summed E-state index contributed by atoms with van der Waals surface area (Å²) in [7, 11) is -2.21. The first-order chi connectivity index (χ1) is 15.2. The summed E-state index contributed by atoms with van der Waals surface area (Å²) in [5.74, 6) is 0. The fourth-order valence-corrected chi connectivity index (χ4v) is 9.37. The molecule has 0 radical (unpaired) electrons. The quantitative estimate of drug-likeness (QED) is 0.230. The molecule has 5 heteroatoms. The molecule has 0 heterocycles. The molecule has 0 aliphatic rings. The van der Waals surface area contributed by atoms with E-state index >= 15 is 0 Å². The normalized spacial score (nSPS) is 11.4. The van der Waals surface area contributed by atoms with Crippen LogP contribution >= 0.6 is 0 Å². The Bertz CT molecular complexity index is 1470. The van der Waals surface area contributed by atoms with Crippen LogP contribution in [0.15, 0.2) is 97.1 Å². The van der Waals surface area contributed by atoms with E-state index < -0.39 is 8.07 Å². The summed E-state index contributed by atoms with van der Waals surface area (Å²) < 4.78 is 0. The largest absolute Gasteiger partial charge is 4.00 e. The van der Waals surface area contributed by atoms with Crippen molar-refractivity contribution < 1.29 is 56.1 Å². The Kier molecular flexibility index (Phi) is 8.28. The zero-order valence-corrected chi connectivity index (χ0v) is 23.8. The van der Waals surface area contributed by atoms with Gasteiger partial charge in [0.1, 0.15) is 0 Å². The molecular formula is C29H24Cl2OSiZr. The van der Waals surface area contributed by atoms with Crippen LogP contribution in [-0.4, -0.2) is 19.8 Å². The fraction of sp³-hybridized carbons (Fsp3) is 0.103.